The fourth-order valence-electron chi connectivity index (χ4n) is 2.07. The Morgan fingerprint density at radius 3 is 2.55 bits per heavy atom. The van der Waals surface area contributed by atoms with Crippen LogP contribution in [0, 0.1) is 13.8 Å². The molecule has 0 saturated carbocycles. The van der Waals surface area contributed by atoms with Crippen LogP contribution in [0.25, 0.3) is 10.2 Å². The molecule has 0 saturated heterocycles. The van der Waals surface area contributed by atoms with Gasteiger partial charge in [0.25, 0.3) is 0 Å². The summed E-state index contributed by atoms with van der Waals surface area (Å²) in [5.41, 5.74) is 2.30. The van der Waals surface area contributed by atoms with Crippen molar-refractivity contribution in [2.24, 2.45) is 0 Å². The second-order valence-electron chi connectivity index (χ2n) is 4.51. The van der Waals surface area contributed by atoms with Gasteiger partial charge in [-0.25, -0.2) is 9.97 Å². The molecule has 0 aliphatic heterocycles. The maximum atomic E-state index is 4.64. The Kier molecular flexibility index (Phi) is 3.63. The molecule has 0 unspecified atom stereocenters. The zero-order chi connectivity index (χ0) is 14.1. The highest BCUT2D eigenvalue weighted by atomic mass is 32.2. The van der Waals surface area contributed by atoms with Gasteiger partial charge in [0.05, 0.1) is 5.39 Å². The maximum absolute atomic E-state index is 4.64. The lowest BCUT2D eigenvalue weighted by atomic mass is 10.2. The molecule has 2 aromatic heterocycles. The summed E-state index contributed by atoms with van der Waals surface area (Å²) in [6.07, 6.45) is 2.00. The van der Waals surface area contributed by atoms with Crippen molar-refractivity contribution < 1.29 is 0 Å². The van der Waals surface area contributed by atoms with E-state index in [2.05, 4.69) is 29.1 Å². The van der Waals surface area contributed by atoms with Gasteiger partial charge in [0.2, 0.25) is 0 Å². The molecule has 0 spiro atoms. The molecule has 0 bridgehead atoms. The Morgan fingerprint density at radius 1 is 1.10 bits per heavy atom. The van der Waals surface area contributed by atoms with Crippen molar-refractivity contribution in [3.05, 3.63) is 40.8 Å². The zero-order valence-electron chi connectivity index (χ0n) is 11.6. The predicted molar refractivity (Wildman–Crippen MR) is 88.4 cm³/mol. The smallest absolute Gasteiger partial charge is 0.190 e. The highest BCUT2D eigenvalue weighted by Crippen LogP contribution is 2.35. The largest absolute Gasteiger partial charge is 0.340 e. The topological polar surface area (TPSA) is 37.8 Å². The first-order chi connectivity index (χ1) is 9.69. The molecule has 0 radical (unpaired) electrons. The van der Waals surface area contributed by atoms with Gasteiger partial charge in [0.1, 0.15) is 10.6 Å². The van der Waals surface area contributed by atoms with Crippen LogP contribution in [-0.2, 0) is 0 Å². The molecule has 3 nitrogen and oxygen atoms in total. The number of thioether (sulfide) groups is 1. The average molecular weight is 301 g/mol. The number of nitrogens with one attached hydrogen (secondary N) is 1. The van der Waals surface area contributed by atoms with Crippen molar-refractivity contribution in [2.75, 3.05) is 11.6 Å². The summed E-state index contributed by atoms with van der Waals surface area (Å²) in [4.78, 5) is 11.6. The highest BCUT2D eigenvalue weighted by Gasteiger charge is 2.14. The summed E-state index contributed by atoms with van der Waals surface area (Å²) in [5.74, 6) is 0.896. The van der Waals surface area contributed by atoms with Gasteiger partial charge < -0.3 is 5.32 Å². The monoisotopic (exact) mass is 301 g/mol. The van der Waals surface area contributed by atoms with E-state index in [9.17, 15) is 0 Å². The quantitative estimate of drug-likeness (QED) is 0.558. The lowest BCUT2D eigenvalue weighted by Gasteiger charge is -2.08. The first-order valence-corrected chi connectivity index (χ1v) is 8.37. The molecule has 3 rings (SSSR count). The van der Waals surface area contributed by atoms with Crippen molar-refractivity contribution in [3.8, 4) is 0 Å². The van der Waals surface area contributed by atoms with Gasteiger partial charge in [0.15, 0.2) is 5.16 Å². The normalized spacial score (nSPS) is 10.9. The van der Waals surface area contributed by atoms with Crippen LogP contribution in [0.3, 0.4) is 0 Å². The Labute approximate surface area is 126 Å². The molecule has 1 aromatic carbocycles. The van der Waals surface area contributed by atoms with Crippen LogP contribution in [0.1, 0.15) is 10.4 Å². The molecule has 2 heterocycles. The number of hydrogen-bond acceptors (Lipinski definition) is 5. The molecular formula is C15H15N3S2. The summed E-state index contributed by atoms with van der Waals surface area (Å²) in [6, 6.07) is 10.1. The zero-order valence-corrected chi connectivity index (χ0v) is 13.2. The molecule has 20 heavy (non-hydrogen) atoms. The van der Waals surface area contributed by atoms with E-state index < -0.39 is 0 Å². The van der Waals surface area contributed by atoms with Crippen LogP contribution in [-0.4, -0.2) is 16.2 Å². The van der Waals surface area contributed by atoms with E-state index >= 15 is 0 Å². The van der Waals surface area contributed by atoms with E-state index in [0.29, 0.717) is 0 Å². The average Bonchev–Trinajstić information content (AvgIpc) is 2.75. The van der Waals surface area contributed by atoms with Gasteiger partial charge in [0, 0.05) is 10.6 Å². The molecular weight excluding hydrogens is 286 g/mol. The number of aryl methyl sites for hydroxylation is 2. The molecule has 0 atom stereocenters. The number of fused-ring (bicyclic) bond motifs is 1. The molecule has 3 aromatic rings. The summed E-state index contributed by atoms with van der Waals surface area (Å²) in [7, 11) is 0. The van der Waals surface area contributed by atoms with E-state index in [1.54, 1.807) is 23.1 Å². The van der Waals surface area contributed by atoms with E-state index in [1.807, 2.05) is 36.6 Å². The minimum atomic E-state index is 0.803. The van der Waals surface area contributed by atoms with Crippen LogP contribution in [0.15, 0.2) is 35.5 Å². The van der Waals surface area contributed by atoms with Gasteiger partial charge in [-0.2, -0.15) is 0 Å². The SMILES string of the molecule is CSc1nc(Nc2ccccc2)c2c(C)c(C)sc2n1. The number of thiophene rings is 1. The molecule has 102 valence electrons. The summed E-state index contributed by atoms with van der Waals surface area (Å²) < 4.78 is 0. The van der Waals surface area contributed by atoms with Gasteiger partial charge in [-0.15, -0.1) is 11.3 Å². The summed E-state index contributed by atoms with van der Waals surface area (Å²) >= 11 is 3.30. The predicted octanol–water partition coefficient (Wildman–Crippen LogP) is 4.77. The van der Waals surface area contributed by atoms with Crippen LogP contribution >= 0.6 is 23.1 Å². The standard InChI is InChI=1S/C15H15N3S2/c1-9-10(2)20-14-12(9)13(17-15(18-14)19-3)16-11-7-5-4-6-8-11/h4-8H,1-3H3,(H,16,17,18). The highest BCUT2D eigenvalue weighted by molar-refractivity contribution is 7.98. The van der Waals surface area contributed by atoms with Crippen LogP contribution < -0.4 is 5.32 Å². The van der Waals surface area contributed by atoms with Crippen molar-refractivity contribution in [2.45, 2.75) is 19.0 Å². The summed E-state index contributed by atoms with van der Waals surface area (Å²) in [6.45, 7) is 4.26. The van der Waals surface area contributed by atoms with Crippen LogP contribution in [0.5, 0.6) is 0 Å². The Morgan fingerprint density at radius 2 is 1.85 bits per heavy atom. The number of para-hydroxylation sites is 1. The Hall–Kier alpha value is -1.59. The lowest BCUT2D eigenvalue weighted by Crippen LogP contribution is -1.97. The third kappa shape index (κ3) is 2.39. The fourth-order valence-corrected chi connectivity index (χ4v) is 3.52. The van der Waals surface area contributed by atoms with E-state index in [1.165, 1.54) is 10.4 Å². The number of benzene rings is 1. The lowest BCUT2D eigenvalue weighted by molar-refractivity contribution is 1.02. The number of nitrogens with zero attached hydrogens (tertiary/aromatic N) is 2. The molecule has 1 N–H and O–H groups in total. The summed E-state index contributed by atoms with van der Waals surface area (Å²) in [5, 5.41) is 5.35. The van der Waals surface area contributed by atoms with Crippen molar-refractivity contribution in [1.29, 1.82) is 0 Å². The van der Waals surface area contributed by atoms with Crippen molar-refractivity contribution >= 4 is 44.8 Å². The molecule has 5 heteroatoms. The second kappa shape index (κ2) is 5.42. The number of rotatable bonds is 3. The van der Waals surface area contributed by atoms with E-state index in [-0.39, 0.29) is 0 Å². The second-order valence-corrected chi connectivity index (χ2v) is 6.49. The molecule has 0 amide bonds. The Balaban J connectivity index is 2.17. The van der Waals surface area contributed by atoms with E-state index in [0.717, 1.165) is 26.9 Å². The minimum absolute atomic E-state index is 0.803. The number of aromatic nitrogens is 2. The van der Waals surface area contributed by atoms with Gasteiger partial charge in [-0.3, -0.25) is 0 Å². The maximum Gasteiger partial charge on any atom is 0.190 e. The number of anilines is 2. The van der Waals surface area contributed by atoms with Gasteiger partial charge in [-0.1, -0.05) is 30.0 Å². The van der Waals surface area contributed by atoms with Crippen molar-refractivity contribution in [1.82, 2.24) is 9.97 Å². The van der Waals surface area contributed by atoms with Crippen LogP contribution in [0.4, 0.5) is 11.5 Å². The van der Waals surface area contributed by atoms with E-state index in [4.69, 9.17) is 0 Å². The first-order valence-electron chi connectivity index (χ1n) is 6.33. The van der Waals surface area contributed by atoms with Crippen LogP contribution in [0.2, 0.25) is 0 Å². The van der Waals surface area contributed by atoms with Gasteiger partial charge >= 0.3 is 0 Å². The number of hydrogen-bond donors (Lipinski definition) is 1. The van der Waals surface area contributed by atoms with Gasteiger partial charge in [-0.05, 0) is 37.8 Å². The third-order valence-electron chi connectivity index (χ3n) is 3.23. The minimum Gasteiger partial charge on any atom is -0.340 e. The fraction of sp³-hybridized carbons (Fsp3) is 0.200. The third-order valence-corrected chi connectivity index (χ3v) is 4.88. The van der Waals surface area contributed by atoms with Crippen molar-refractivity contribution in [3.63, 3.8) is 0 Å². The Bertz CT molecular complexity index is 751. The molecule has 0 aliphatic rings. The molecule has 0 aliphatic carbocycles. The molecule has 0 fully saturated rings. The first kappa shape index (κ1) is 13.4.